The van der Waals surface area contributed by atoms with Gasteiger partial charge in [-0.3, -0.25) is 0 Å². The van der Waals surface area contributed by atoms with E-state index in [2.05, 4.69) is 89.5 Å². The Bertz CT molecular complexity index is 1130. The molecule has 0 spiro atoms. The summed E-state index contributed by atoms with van der Waals surface area (Å²) in [6, 6.07) is 29.8. The van der Waals surface area contributed by atoms with Gasteiger partial charge in [0.05, 0.1) is 16.9 Å². The lowest BCUT2D eigenvalue weighted by atomic mass is 10.1. The summed E-state index contributed by atoms with van der Waals surface area (Å²) in [7, 11) is 0. The average Bonchev–Trinajstić information content (AvgIpc) is 3.00. The lowest BCUT2D eigenvalue weighted by Gasteiger charge is -2.17. The second kappa shape index (κ2) is 6.34. The number of benzene rings is 3. The number of fused-ring (bicyclic) bond motifs is 4. The molecule has 0 aliphatic carbocycles. The molecule has 0 bridgehead atoms. The lowest BCUT2D eigenvalue weighted by molar-refractivity contribution is 0.839. The molecule has 2 nitrogen and oxygen atoms in total. The van der Waals surface area contributed by atoms with Crippen LogP contribution in [-0.2, 0) is 6.54 Å². The van der Waals surface area contributed by atoms with Crippen molar-refractivity contribution < 1.29 is 0 Å². The molecule has 0 atom stereocenters. The van der Waals surface area contributed by atoms with Gasteiger partial charge in [0.2, 0.25) is 0 Å². The van der Waals surface area contributed by atoms with Crippen LogP contribution in [-0.4, -0.2) is 9.55 Å². The highest BCUT2D eigenvalue weighted by atomic mass is 79.9. The van der Waals surface area contributed by atoms with Crippen molar-refractivity contribution in [3.63, 3.8) is 0 Å². The highest BCUT2D eigenvalue weighted by Crippen LogP contribution is 2.35. The fraction of sp³-hybridized carbons (Fsp3) is 0.0455. The van der Waals surface area contributed by atoms with Crippen molar-refractivity contribution in [1.29, 1.82) is 0 Å². The maximum Gasteiger partial charge on any atom is 0.0887 e. The molecule has 122 valence electrons. The van der Waals surface area contributed by atoms with Crippen LogP contribution in [0.25, 0.3) is 33.2 Å². The van der Waals surface area contributed by atoms with Crippen molar-refractivity contribution in [3.8, 4) is 11.4 Å². The molecule has 2 aliphatic rings. The number of para-hydroxylation sites is 2. The van der Waals surface area contributed by atoms with Crippen LogP contribution in [0.2, 0.25) is 0 Å². The minimum absolute atomic E-state index is 0. The van der Waals surface area contributed by atoms with E-state index >= 15 is 0 Å². The van der Waals surface area contributed by atoms with E-state index in [1.807, 2.05) is 0 Å². The largest absolute Gasteiger partial charge is 0.334 e. The zero-order valence-electron chi connectivity index (χ0n) is 13.6. The van der Waals surface area contributed by atoms with E-state index in [0.29, 0.717) is 0 Å². The van der Waals surface area contributed by atoms with Gasteiger partial charge >= 0.3 is 0 Å². The molecular formula is C22H17BrN2. The zero-order chi connectivity index (χ0) is 15.9. The Balaban J connectivity index is 0.00000157. The molecule has 0 radical (unpaired) electrons. The van der Waals surface area contributed by atoms with E-state index in [-0.39, 0.29) is 17.0 Å². The fourth-order valence-corrected chi connectivity index (χ4v) is 3.53. The maximum absolute atomic E-state index is 4.85. The molecule has 3 heteroatoms. The van der Waals surface area contributed by atoms with E-state index in [4.69, 9.17) is 4.98 Å². The van der Waals surface area contributed by atoms with E-state index < -0.39 is 0 Å². The van der Waals surface area contributed by atoms with Crippen molar-refractivity contribution in [2.24, 2.45) is 0 Å². The number of nitrogens with zero attached hydrogens (tertiary/aromatic N) is 2. The topological polar surface area (TPSA) is 17.8 Å². The highest BCUT2D eigenvalue weighted by molar-refractivity contribution is 8.93. The second-order valence-electron chi connectivity index (χ2n) is 6.14. The van der Waals surface area contributed by atoms with Crippen molar-refractivity contribution in [1.82, 2.24) is 9.55 Å². The Morgan fingerprint density at radius 2 is 1.48 bits per heavy atom. The molecule has 0 N–H and O–H groups in total. The minimum Gasteiger partial charge on any atom is -0.334 e. The molecule has 0 saturated heterocycles. The molecule has 2 heterocycles. The zero-order valence-corrected chi connectivity index (χ0v) is 15.3. The van der Waals surface area contributed by atoms with E-state index in [1.165, 1.54) is 27.5 Å². The first kappa shape index (κ1) is 15.9. The van der Waals surface area contributed by atoms with Gasteiger partial charge in [-0.2, -0.15) is 0 Å². The molecule has 0 saturated carbocycles. The molecule has 0 aromatic heterocycles. The summed E-state index contributed by atoms with van der Waals surface area (Å²) < 4.78 is 2.40. The van der Waals surface area contributed by atoms with Crippen LogP contribution in [0.4, 0.5) is 0 Å². The second-order valence-corrected chi connectivity index (χ2v) is 6.14. The van der Waals surface area contributed by atoms with Gasteiger partial charge in [-0.05, 0) is 23.8 Å². The predicted molar refractivity (Wildman–Crippen MR) is 110 cm³/mol. The summed E-state index contributed by atoms with van der Waals surface area (Å²) in [6.45, 7) is 0.842. The summed E-state index contributed by atoms with van der Waals surface area (Å²) in [4.78, 5) is 4.85. The number of rotatable bonds is 2. The fourth-order valence-electron chi connectivity index (χ4n) is 3.53. The van der Waals surface area contributed by atoms with Crippen LogP contribution in [0.15, 0.2) is 84.9 Å². The van der Waals surface area contributed by atoms with Crippen molar-refractivity contribution in [2.45, 2.75) is 6.54 Å². The van der Waals surface area contributed by atoms with Gasteiger partial charge in [0.15, 0.2) is 0 Å². The van der Waals surface area contributed by atoms with Crippen LogP contribution in [0.5, 0.6) is 0 Å². The highest BCUT2D eigenvalue weighted by Gasteiger charge is 2.17. The number of halogens is 1. The van der Waals surface area contributed by atoms with Gasteiger partial charge in [-0.15, -0.1) is 17.0 Å². The number of hydrogen-bond acceptors (Lipinski definition) is 1. The quantitative estimate of drug-likeness (QED) is 0.366. The Morgan fingerprint density at radius 1 is 0.760 bits per heavy atom. The maximum atomic E-state index is 4.85. The van der Waals surface area contributed by atoms with Crippen LogP contribution >= 0.6 is 17.0 Å². The Labute approximate surface area is 156 Å². The first-order chi connectivity index (χ1) is 11.9. The first-order valence-corrected chi connectivity index (χ1v) is 8.21. The predicted octanol–water partition coefficient (Wildman–Crippen LogP) is 5.92. The van der Waals surface area contributed by atoms with Gasteiger partial charge in [-0.25, -0.2) is 4.98 Å². The van der Waals surface area contributed by atoms with Crippen LogP contribution < -0.4 is 0 Å². The summed E-state index contributed by atoms with van der Waals surface area (Å²) in [5, 5.41) is 2.44. The van der Waals surface area contributed by atoms with E-state index in [1.54, 1.807) is 0 Å². The van der Waals surface area contributed by atoms with E-state index in [9.17, 15) is 0 Å². The van der Waals surface area contributed by atoms with Gasteiger partial charge in [0.1, 0.15) is 0 Å². The smallest absolute Gasteiger partial charge is 0.0887 e. The number of hydrogen-bond donors (Lipinski definition) is 0. The Morgan fingerprint density at radius 3 is 2.36 bits per heavy atom. The van der Waals surface area contributed by atoms with Crippen LogP contribution in [0.3, 0.4) is 0 Å². The van der Waals surface area contributed by atoms with Gasteiger partial charge in [0, 0.05) is 22.8 Å². The third kappa shape index (κ3) is 2.61. The first-order valence-electron chi connectivity index (χ1n) is 8.21. The average molecular weight is 389 g/mol. The molecule has 5 rings (SSSR count). The van der Waals surface area contributed by atoms with E-state index in [0.717, 1.165) is 17.8 Å². The Hall–Kier alpha value is -2.65. The number of pyridine rings is 1. The van der Waals surface area contributed by atoms with Crippen LogP contribution in [0, 0.1) is 0 Å². The molecule has 0 fully saturated rings. The lowest BCUT2D eigenvalue weighted by Crippen LogP contribution is -2.06. The minimum atomic E-state index is 0. The monoisotopic (exact) mass is 388 g/mol. The van der Waals surface area contributed by atoms with Gasteiger partial charge < -0.3 is 4.57 Å². The normalized spacial score (nSPS) is 11.0. The molecule has 3 aromatic rings. The third-order valence-corrected chi connectivity index (χ3v) is 4.62. The summed E-state index contributed by atoms with van der Waals surface area (Å²) in [5.41, 5.74) is 5.88. The molecule has 3 aromatic carbocycles. The molecule has 0 amide bonds. The molecule has 2 aliphatic heterocycles. The van der Waals surface area contributed by atoms with Crippen molar-refractivity contribution >= 4 is 38.8 Å². The van der Waals surface area contributed by atoms with Gasteiger partial charge in [0.25, 0.3) is 0 Å². The van der Waals surface area contributed by atoms with Crippen LogP contribution in [0.1, 0.15) is 5.56 Å². The van der Waals surface area contributed by atoms with Crippen molar-refractivity contribution in [3.05, 3.63) is 90.5 Å². The number of aromatic nitrogens is 2. The summed E-state index contributed by atoms with van der Waals surface area (Å²) in [5.74, 6) is 0. The summed E-state index contributed by atoms with van der Waals surface area (Å²) >= 11 is 0. The Kier molecular flexibility index (Phi) is 4.02. The van der Waals surface area contributed by atoms with Gasteiger partial charge in [-0.1, -0.05) is 66.7 Å². The molecule has 25 heavy (non-hydrogen) atoms. The molecular weight excluding hydrogens is 372 g/mol. The third-order valence-electron chi connectivity index (χ3n) is 4.62. The summed E-state index contributed by atoms with van der Waals surface area (Å²) in [6.07, 6.45) is 0. The molecule has 0 unspecified atom stereocenters. The van der Waals surface area contributed by atoms with Crippen molar-refractivity contribution in [2.75, 3.05) is 0 Å². The SMILES string of the molecule is Br.c1ccc(Cn2c3c4ccccc4nc-3cc3ccccc32)cc1. The standard InChI is InChI=1S/C22H16N2.BrH/c1-2-8-16(9-3-1)15-24-21-13-7-4-10-17(21)14-20-22(24)18-11-5-6-12-19(18)23-20;/h1-14H,15H2;1H.